The van der Waals surface area contributed by atoms with Crippen LogP contribution in [0, 0.1) is 0 Å². The van der Waals surface area contributed by atoms with Gasteiger partial charge in [0.1, 0.15) is 11.5 Å². The van der Waals surface area contributed by atoms with Crippen LogP contribution in [-0.4, -0.2) is 26.3 Å². The van der Waals surface area contributed by atoms with Crippen molar-refractivity contribution in [1.29, 1.82) is 0 Å². The molecule has 0 radical (unpaired) electrons. The van der Waals surface area contributed by atoms with Crippen molar-refractivity contribution in [1.82, 2.24) is 5.32 Å². The van der Waals surface area contributed by atoms with Crippen LogP contribution in [0.3, 0.4) is 0 Å². The average molecular weight is 335 g/mol. The quantitative estimate of drug-likeness (QED) is 0.754. The highest BCUT2D eigenvalue weighted by atomic mass is 35.5. The second-order valence-electron chi connectivity index (χ2n) is 4.75. The average Bonchev–Trinajstić information content (AvgIpc) is 2.56. The SMILES string of the molecule is COc1ccc(NC(=O)NCCCOc2ccccc2)cc1Cl. The number of hydrogen-bond donors (Lipinski definition) is 2. The molecule has 0 spiro atoms. The second-order valence-corrected chi connectivity index (χ2v) is 5.15. The Bertz CT molecular complexity index is 635. The van der Waals surface area contributed by atoms with Gasteiger partial charge in [0.2, 0.25) is 0 Å². The molecule has 0 aliphatic heterocycles. The van der Waals surface area contributed by atoms with Gasteiger partial charge in [0.25, 0.3) is 0 Å². The van der Waals surface area contributed by atoms with Gasteiger partial charge in [0, 0.05) is 12.2 Å². The minimum Gasteiger partial charge on any atom is -0.495 e. The molecule has 0 fully saturated rings. The first kappa shape index (κ1) is 17.0. The fraction of sp³-hybridized carbons (Fsp3) is 0.235. The zero-order valence-corrected chi connectivity index (χ0v) is 13.6. The Kier molecular flexibility index (Phi) is 6.56. The lowest BCUT2D eigenvalue weighted by Gasteiger charge is -2.10. The van der Waals surface area contributed by atoms with Gasteiger partial charge in [-0.05, 0) is 36.8 Å². The van der Waals surface area contributed by atoms with Gasteiger partial charge in [-0.25, -0.2) is 4.79 Å². The van der Waals surface area contributed by atoms with Gasteiger partial charge in [-0.15, -0.1) is 0 Å². The summed E-state index contributed by atoms with van der Waals surface area (Å²) < 4.78 is 10.6. The summed E-state index contributed by atoms with van der Waals surface area (Å²) in [5.74, 6) is 1.39. The molecule has 0 atom stereocenters. The first-order valence-electron chi connectivity index (χ1n) is 7.25. The van der Waals surface area contributed by atoms with E-state index in [2.05, 4.69) is 10.6 Å². The van der Waals surface area contributed by atoms with E-state index in [4.69, 9.17) is 21.1 Å². The van der Waals surface area contributed by atoms with E-state index in [9.17, 15) is 4.79 Å². The van der Waals surface area contributed by atoms with Crippen molar-refractivity contribution in [3.8, 4) is 11.5 Å². The summed E-state index contributed by atoms with van der Waals surface area (Å²) in [6, 6.07) is 14.3. The third-order valence-electron chi connectivity index (χ3n) is 3.03. The van der Waals surface area contributed by atoms with Crippen LogP contribution in [0.1, 0.15) is 6.42 Å². The van der Waals surface area contributed by atoms with Gasteiger partial charge in [-0.1, -0.05) is 29.8 Å². The standard InChI is InChI=1S/C17H19ClN2O3/c1-22-16-9-8-13(12-15(16)18)20-17(21)19-10-5-11-23-14-6-3-2-4-7-14/h2-4,6-9,12H,5,10-11H2,1H3,(H2,19,20,21). The van der Waals surface area contributed by atoms with Crippen LogP contribution >= 0.6 is 11.6 Å². The number of nitrogens with one attached hydrogen (secondary N) is 2. The van der Waals surface area contributed by atoms with E-state index < -0.39 is 0 Å². The Labute approximate surface area is 140 Å². The molecule has 6 heteroatoms. The largest absolute Gasteiger partial charge is 0.495 e. The zero-order chi connectivity index (χ0) is 16.5. The molecule has 5 nitrogen and oxygen atoms in total. The number of anilines is 1. The molecule has 2 amide bonds. The molecule has 0 saturated heterocycles. The molecular formula is C17H19ClN2O3. The highest BCUT2D eigenvalue weighted by Crippen LogP contribution is 2.27. The Morgan fingerprint density at radius 3 is 2.65 bits per heavy atom. The van der Waals surface area contributed by atoms with Crippen molar-refractivity contribution in [3.63, 3.8) is 0 Å². The number of ether oxygens (including phenoxy) is 2. The lowest BCUT2D eigenvalue weighted by Crippen LogP contribution is -2.30. The molecule has 0 aliphatic rings. The molecule has 0 unspecified atom stereocenters. The van der Waals surface area contributed by atoms with Crippen molar-refractivity contribution in [3.05, 3.63) is 53.6 Å². The highest BCUT2D eigenvalue weighted by Gasteiger charge is 2.05. The zero-order valence-electron chi connectivity index (χ0n) is 12.8. The maximum atomic E-state index is 11.8. The number of halogens is 1. The number of benzene rings is 2. The van der Waals surface area contributed by atoms with Crippen LogP contribution in [0.15, 0.2) is 48.5 Å². The number of rotatable bonds is 7. The summed E-state index contributed by atoms with van der Waals surface area (Å²) in [6.45, 7) is 1.06. The fourth-order valence-corrected chi connectivity index (χ4v) is 2.16. The van der Waals surface area contributed by atoms with E-state index in [0.717, 1.165) is 5.75 Å². The van der Waals surface area contributed by atoms with E-state index >= 15 is 0 Å². The Hall–Kier alpha value is -2.40. The van der Waals surface area contributed by atoms with Crippen molar-refractivity contribution in [2.75, 3.05) is 25.6 Å². The van der Waals surface area contributed by atoms with E-state index in [1.807, 2.05) is 30.3 Å². The molecule has 0 aliphatic carbocycles. The molecule has 0 saturated carbocycles. The third-order valence-corrected chi connectivity index (χ3v) is 3.32. The Morgan fingerprint density at radius 2 is 1.96 bits per heavy atom. The van der Waals surface area contributed by atoms with E-state index in [-0.39, 0.29) is 6.03 Å². The molecule has 23 heavy (non-hydrogen) atoms. The van der Waals surface area contributed by atoms with Crippen LogP contribution in [-0.2, 0) is 0 Å². The molecule has 2 rings (SSSR count). The second kappa shape index (κ2) is 8.90. The van der Waals surface area contributed by atoms with Crippen LogP contribution in [0.2, 0.25) is 5.02 Å². The summed E-state index contributed by atoms with van der Waals surface area (Å²) in [5, 5.41) is 5.92. The number of carbonyl (C=O) groups excluding carboxylic acids is 1. The van der Waals surface area contributed by atoms with Gasteiger partial charge >= 0.3 is 6.03 Å². The van der Waals surface area contributed by atoms with Crippen molar-refractivity contribution in [2.45, 2.75) is 6.42 Å². The third kappa shape index (κ3) is 5.71. The van der Waals surface area contributed by atoms with E-state index in [1.165, 1.54) is 0 Å². The molecule has 0 heterocycles. The number of amides is 2. The molecule has 2 aromatic carbocycles. The smallest absolute Gasteiger partial charge is 0.319 e. The monoisotopic (exact) mass is 334 g/mol. The van der Waals surface area contributed by atoms with Crippen molar-refractivity contribution < 1.29 is 14.3 Å². The number of methoxy groups -OCH3 is 1. The van der Waals surface area contributed by atoms with Gasteiger partial charge < -0.3 is 20.1 Å². The van der Waals surface area contributed by atoms with Crippen LogP contribution in [0.4, 0.5) is 10.5 Å². The predicted octanol–water partition coefficient (Wildman–Crippen LogP) is 3.94. The lowest BCUT2D eigenvalue weighted by atomic mass is 10.3. The van der Waals surface area contributed by atoms with Crippen LogP contribution in [0.5, 0.6) is 11.5 Å². The normalized spacial score (nSPS) is 10.0. The number of urea groups is 1. The molecule has 122 valence electrons. The molecule has 0 bridgehead atoms. The van der Waals surface area contributed by atoms with Gasteiger partial charge in [0.05, 0.1) is 18.7 Å². The summed E-state index contributed by atoms with van der Waals surface area (Å²) in [5.41, 5.74) is 0.605. The van der Waals surface area contributed by atoms with E-state index in [0.29, 0.717) is 36.0 Å². The summed E-state index contributed by atoms with van der Waals surface area (Å²) >= 11 is 6.00. The summed E-state index contributed by atoms with van der Waals surface area (Å²) in [6.07, 6.45) is 0.714. The minimum absolute atomic E-state index is 0.286. The number of hydrogen-bond acceptors (Lipinski definition) is 3. The molecule has 0 aromatic heterocycles. The summed E-state index contributed by atoms with van der Waals surface area (Å²) in [4.78, 5) is 11.8. The molecule has 2 N–H and O–H groups in total. The van der Waals surface area contributed by atoms with E-state index in [1.54, 1.807) is 25.3 Å². The molecule has 2 aromatic rings. The number of para-hydroxylation sites is 1. The minimum atomic E-state index is -0.286. The predicted molar refractivity (Wildman–Crippen MR) is 91.6 cm³/mol. The highest BCUT2D eigenvalue weighted by molar-refractivity contribution is 6.32. The topological polar surface area (TPSA) is 59.6 Å². The maximum absolute atomic E-state index is 11.8. The first-order chi connectivity index (χ1) is 11.2. The molecular weight excluding hydrogens is 316 g/mol. The van der Waals surface area contributed by atoms with Crippen molar-refractivity contribution in [2.24, 2.45) is 0 Å². The first-order valence-corrected chi connectivity index (χ1v) is 7.63. The Balaban J connectivity index is 1.66. The van der Waals surface area contributed by atoms with Crippen molar-refractivity contribution >= 4 is 23.3 Å². The van der Waals surface area contributed by atoms with Gasteiger partial charge in [0.15, 0.2) is 0 Å². The maximum Gasteiger partial charge on any atom is 0.319 e. The van der Waals surface area contributed by atoms with Gasteiger partial charge in [-0.3, -0.25) is 0 Å². The summed E-state index contributed by atoms with van der Waals surface area (Å²) in [7, 11) is 1.54. The Morgan fingerprint density at radius 1 is 1.17 bits per heavy atom. The fourth-order valence-electron chi connectivity index (χ4n) is 1.90. The van der Waals surface area contributed by atoms with Crippen LogP contribution < -0.4 is 20.1 Å². The number of carbonyl (C=O) groups is 1. The lowest BCUT2D eigenvalue weighted by molar-refractivity contribution is 0.250. The van der Waals surface area contributed by atoms with Gasteiger partial charge in [-0.2, -0.15) is 0 Å². The van der Waals surface area contributed by atoms with Crippen LogP contribution in [0.25, 0.3) is 0 Å².